The molecule has 15 nitrogen and oxygen atoms in total. The summed E-state index contributed by atoms with van der Waals surface area (Å²) in [7, 11) is -4.31. The largest absolute Gasteiger partial charge is 0.461 e. The van der Waals surface area contributed by atoms with E-state index >= 15 is 0 Å². The molecule has 16 heteroatoms. The van der Waals surface area contributed by atoms with Crippen molar-refractivity contribution in [1.29, 1.82) is 0 Å². The van der Waals surface area contributed by atoms with E-state index in [0.717, 1.165) is 48.9 Å². The first kappa shape index (κ1) is 30.5. The van der Waals surface area contributed by atoms with E-state index in [2.05, 4.69) is 20.1 Å². The van der Waals surface area contributed by atoms with E-state index in [4.69, 9.17) is 24.1 Å². The number of ether oxygens (including phenoxy) is 2. The van der Waals surface area contributed by atoms with Crippen molar-refractivity contribution in [1.82, 2.24) is 14.6 Å². The Morgan fingerprint density at radius 2 is 2.00 bits per heavy atom. The van der Waals surface area contributed by atoms with Gasteiger partial charge < -0.3 is 19.1 Å². The molecule has 2 aliphatic rings. The molecule has 1 saturated heterocycles. The highest BCUT2D eigenvalue weighted by Gasteiger charge is 2.55. The number of nitrogens with one attached hydrogen (secondary N) is 2. The first-order valence-corrected chi connectivity index (χ1v) is 14.8. The minimum atomic E-state index is -4.31. The first-order valence-electron chi connectivity index (χ1n) is 13.2. The Hall–Kier alpha value is -3.45. The first-order chi connectivity index (χ1) is 19.5. The zero-order chi connectivity index (χ0) is 29.6. The maximum absolute atomic E-state index is 13.9. The van der Waals surface area contributed by atoms with Crippen molar-refractivity contribution in [3.63, 3.8) is 0 Å². The van der Waals surface area contributed by atoms with Gasteiger partial charge in [-0.2, -0.15) is 5.09 Å². The number of aliphatic hydroxyl groups excluding tert-OH is 1. The molecule has 1 saturated carbocycles. The molecule has 2 heterocycles. The standard InChI is InChI=1S/C25H33N6O9P/c1-16(22(34)38-17-9-5-3-6-10-17)28-41(36,40-18-11-7-4-8-12-18)37-15-19-21(33)25(2,29-30-26)23(39-19)31-14-13-20(32)27-24(31)35/h4,7-8,11-14,16-17,19,21,23,33H,3,5-6,9-10,15H2,1-2H3,(H,28,36)(H,27,32,35)/t16-,19+,21+,23+,25+,41?/m0/s1. The van der Waals surface area contributed by atoms with Gasteiger partial charge in [-0.05, 0) is 57.2 Å². The summed E-state index contributed by atoms with van der Waals surface area (Å²) < 4.78 is 37.6. The molecule has 1 aliphatic carbocycles. The van der Waals surface area contributed by atoms with E-state index in [1.807, 2.05) is 0 Å². The molecule has 2 fully saturated rings. The van der Waals surface area contributed by atoms with Crippen LogP contribution in [0.1, 0.15) is 52.2 Å². The predicted molar refractivity (Wildman–Crippen MR) is 145 cm³/mol. The van der Waals surface area contributed by atoms with Crippen LogP contribution in [0.15, 0.2) is 57.3 Å². The van der Waals surface area contributed by atoms with Crippen molar-refractivity contribution < 1.29 is 33.0 Å². The lowest BCUT2D eigenvalue weighted by Crippen LogP contribution is -2.45. The number of H-pyrrole nitrogens is 1. The average molecular weight is 593 g/mol. The maximum Gasteiger partial charge on any atom is 0.459 e. The van der Waals surface area contributed by atoms with Crippen LogP contribution < -0.4 is 20.9 Å². The molecule has 1 aliphatic heterocycles. The molecule has 0 radical (unpaired) electrons. The van der Waals surface area contributed by atoms with Gasteiger partial charge in [-0.25, -0.2) is 9.36 Å². The number of hydrogen-bond donors (Lipinski definition) is 3. The summed E-state index contributed by atoms with van der Waals surface area (Å²) in [5.74, 6) is -0.441. The van der Waals surface area contributed by atoms with Gasteiger partial charge >= 0.3 is 19.4 Å². The number of carbonyl (C=O) groups is 1. The van der Waals surface area contributed by atoms with Crippen LogP contribution in [0.25, 0.3) is 10.4 Å². The third-order valence-electron chi connectivity index (χ3n) is 7.04. The molecule has 0 amide bonds. The molecular weight excluding hydrogens is 559 g/mol. The van der Waals surface area contributed by atoms with Crippen LogP contribution in [0.4, 0.5) is 0 Å². The lowest BCUT2D eigenvalue weighted by Gasteiger charge is -2.28. The summed E-state index contributed by atoms with van der Waals surface area (Å²) in [6.07, 6.45) is 1.28. The van der Waals surface area contributed by atoms with Gasteiger partial charge in [0.1, 0.15) is 29.5 Å². The minimum absolute atomic E-state index is 0.181. The highest BCUT2D eigenvalue weighted by atomic mass is 31.2. The molecule has 1 aromatic heterocycles. The summed E-state index contributed by atoms with van der Waals surface area (Å²) in [5.41, 5.74) is 5.92. The fourth-order valence-corrected chi connectivity index (χ4v) is 6.32. The van der Waals surface area contributed by atoms with Gasteiger partial charge in [0.05, 0.1) is 12.7 Å². The van der Waals surface area contributed by atoms with Crippen molar-refractivity contribution in [2.24, 2.45) is 5.11 Å². The summed E-state index contributed by atoms with van der Waals surface area (Å²) in [6.45, 7) is 2.27. The highest BCUT2D eigenvalue weighted by Crippen LogP contribution is 2.47. The van der Waals surface area contributed by atoms with Crippen LogP contribution in [-0.4, -0.2) is 57.1 Å². The third-order valence-corrected chi connectivity index (χ3v) is 8.68. The fourth-order valence-electron chi connectivity index (χ4n) is 4.82. The monoisotopic (exact) mass is 592 g/mol. The van der Waals surface area contributed by atoms with Gasteiger partial charge in [0, 0.05) is 17.2 Å². The number of azide groups is 1. The number of nitrogens with zero attached hydrogens (tertiary/aromatic N) is 4. The maximum atomic E-state index is 13.9. The number of hydrogen-bond acceptors (Lipinski definition) is 10. The lowest BCUT2D eigenvalue weighted by atomic mass is 9.93. The van der Waals surface area contributed by atoms with Gasteiger partial charge in [0.15, 0.2) is 6.23 Å². The molecule has 6 atom stereocenters. The molecule has 3 N–H and O–H groups in total. The molecule has 41 heavy (non-hydrogen) atoms. The molecular formula is C25H33N6O9P. The average Bonchev–Trinajstić information content (AvgIpc) is 3.18. The second kappa shape index (κ2) is 13.0. The SMILES string of the molecule is C[C@H](NP(=O)(OC[C@H]1O[C@@H](n2ccc(=O)[nH]c2=O)[C@](C)(N=[N+]=[N-])[C@@H]1O)Oc1ccccc1)C(=O)OC1CCCCC1. The van der Waals surface area contributed by atoms with Gasteiger partial charge in [-0.15, -0.1) is 0 Å². The summed E-state index contributed by atoms with van der Waals surface area (Å²) >= 11 is 0. The van der Waals surface area contributed by atoms with Crippen molar-refractivity contribution in [2.45, 2.75) is 82.1 Å². The Bertz CT molecular complexity index is 1420. The Morgan fingerprint density at radius 3 is 2.66 bits per heavy atom. The fraction of sp³-hybridized carbons (Fsp3) is 0.560. The minimum Gasteiger partial charge on any atom is -0.461 e. The molecule has 0 spiro atoms. The van der Waals surface area contributed by atoms with Crippen LogP contribution in [0, 0.1) is 0 Å². The van der Waals surface area contributed by atoms with Gasteiger partial charge in [0.2, 0.25) is 0 Å². The van der Waals surface area contributed by atoms with Crippen LogP contribution in [0.5, 0.6) is 5.75 Å². The quantitative estimate of drug-likeness (QED) is 0.114. The molecule has 0 bridgehead atoms. The van der Waals surface area contributed by atoms with E-state index in [0.29, 0.717) is 0 Å². The second-order valence-corrected chi connectivity index (χ2v) is 11.8. The summed E-state index contributed by atoms with van der Waals surface area (Å²) in [5, 5.41) is 17.3. The summed E-state index contributed by atoms with van der Waals surface area (Å²) in [4.78, 5) is 41.6. The van der Waals surface area contributed by atoms with E-state index in [-0.39, 0.29) is 11.9 Å². The van der Waals surface area contributed by atoms with E-state index in [9.17, 15) is 24.1 Å². The predicted octanol–water partition coefficient (Wildman–Crippen LogP) is 2.92. The Kier molecular flexibility index (Phi) is 9.69. The van der Waals surface area contributed by atoms with Gasteiger partial charge in [0.25, 0.3) is 5.56 Å². The lowest BCUT2D eigenvalue weighted by molar-refractivity contribution is -0.152. The Morgan fingerprint density at radius 1 is 1.29 bits per heavy atom. The van der Waals surface area contributed by atoms with E-state index < -0.39 is 61.6 Å². The number of benzene rings is 1. The number of rotatable bonds is 11. The number of esters is 1. The smallest absolute Gasteiger partial charge is 0.459 e. The normalized spacial score (nSPS) is 26.9. The van der Waals surface area contributed by atoms with Crippen LogP contribution in [0.2, 0.25) is 0 Å². The van der Waals surface area contributed by atoms with E-state index in [1.165, 1.54) is 13.8 Å². The molecule has 2 aromatic rings. The molecule has 1 unspecified atom stereocenters. The number of aliphatic hydroxyl groups is 1. The van der Waals surface area contributed by atoms with Gasteiger partial charge in [-0.1, -0.05) is 29.7 Å². The topological polar surface area (TPSA) is 207 Å². The Balaban J connectivity index is 1.53. The zero-order valence-corrected chi connectivity index (χ0v) is 23.5. The van der Waals surface area contributed by atoms with E-state index in [1.54, 1.807) is 30.3 Å². The number of para-hydroxylation sites is 1. The van der Waals surface area contributed by atoms with Crippen molar-refractivity contribution in [3.05, 3.63) is 73.9 Å². The summed E-state index contributed by atoms with van der Waals surface area (Å²) in [6, 6.07) is 8.11. The van der Waals surface area contributed by atoms with Gasteiger partial charge in [-0.3, -0.25) is 23.7 Å². The van der Waals surface area contributed by atoms with Crippen molar-refractivity contribution in [3.8, 4) is 5.75 Å². The number of carbonyl (C=O) groups excluding carboxylic acids is 1. The molecule has 222 valence electrons. The van der Waals surface area contributed by atoms with Crippen molar-refractivity contribution in [2.75, 3.05) is 6.61 Å². The number of aromatic amines is 1. The van der Waals surface area contributed by atoms with Crippen LogP contribution in [0.3, 0.4) is 0 Å². The molecule has 4 rings (SSSR count). The Labute approximate surface area is 235 Å². The van der Waals surface area contributed by atoms with Crippen LogP contribution in [-0.2, 0) is 23.4 Å². The van der Waals surface area contributed by atoms with Crippen molar-refractivity contribution >= 4 is 13.7 Å². The highest BCUT2D eigenvalue weighted by molar-refractivity contribution is 7.52. The third kappa shape index (κ3) is 7.25. The zero-order valence-electron chi connectivity index (χ0n) is 22.6. The van der Waals surface area contributed by atoms with Crippen LogP contribution >= 0.6 is 7.75 Å². The number of aromatic nitrogens is 2. The molecule has 1 aromatic carbocycles. The second-order valence-electron chi connectivity index (χ2n) is 10.1.